The molecule has 1 aliphatic rings. The van der Waals surface area contributed by atoms with Crippen molar-refractivity contribution in [2.45, 2.75) is 24.8 Å². The lowest BCUT2D eigenvalue weighted by Crippen LogP contribution is -2.47. The number of rotatable bonds is 2. The van der Waals surface area contributed by atoms with Crippen molar-refractivity contribution in [1.82, 2.24) is 4.98 Å². The Labute approximate surface area is 89.3 Å². The molecule has 1 heterocycles. The fourth-order valence-corrected chi connectivity index (χ4v) is 2.01. The number of hydrogen-bond acceptors (Lipinski definition) is 2. The average molecular weight is 263 g/mol. The van der Waals surface area contributed by atoms with Crippen LogP contribution in [-0.4, -0.2) is 16.9 Å². The molecule has 0 amide bonds. The van der Waals surface area contributed by atoms with Crippen LogP contribution in [0.4, 0.5) is 14.5 Å². The molecule has 0 unspecified atom stereocenters. The molecule has 0 aliphatic heterocycles. The zero-order valence-electron chi connectivity index (χ0n) is 7.33. The number of hydrogen-bond donors (Lipinski definition) is 0. The molecule has 5 heteroatoms. The Balaban J connectivity index is 2.01. The molecule has 1 aliphatic carbocycles. The third-order valence-electron chi connectivity index (χ3n) is 2.30. The van der Waals surface area contributed by atoms with Gasteiger partial charge in [0.15, 0.2) is 0 Å². The lowest BCUT2D eigenvalue weighted by Gasteiger charge is -2.40. The highest BCUT2D eigenvalue weighted by Gasteiger charge is 2.47. The third kappa shape index (κ3) is 1.87. The molecule has 0 saturated heterocycles. The minimum absolute atomic E-state index is 0.0828. The monoisotopic (exact) mass is 262 g/mol. The number of nitrogens with zero attached hydrogens (tertiary/aromatic N) is 2. The van der Waals surface area contributed by atoms with Crippen LogP contribution in [0, 0.1) is 0 Å². The van der Waals surface area contributed by atoms with E-state index in [0.717, 1.165) is 5.69 Å². The lowest BCUT2D eigenvalue weighted by atomic mass is 9.88. The third-order valence-corrected chi connectivity index (χ3v) is 3.29. The Hall–Kier alpha value is -0.710. The molecule has 0 bridgehead atoms. The van der Waals surface area contributed by atoms with E-state index in [9.17, 15) is 8.78 Å². The average Bonchev–Trinajstić information content (AvgIpc) is 2.14. The van der Waals surface area contributed by atoms with E-state index in [2.05, 4.69) is 21.1 Å². The van der Waals surface area contributed by atoms with Gasteiger partial charge in [-0.2, -0.15) is 0 Å². The summed E-state index contributed by atoms with van der Waals surface area (Å²) >= 11 is 3.29. The van der Waals surface area contributed by atoms with Gasteiger partial charge in [0, 0.05) is 41.4 Å². The SMILES string of the molecule is FC1(F)CC(N(Br)c2ccncc2)C1. The quantitative estimate of drug-likeness (QED) is 0.762. The topological polar surface area (TPSA) is 16.1 Å². The van der Waals surface area contributed by atoms with Crippen LogP contribution in [0.2, 0.25) is 0 Å². The van der Waals surface area contributed by atoms with Crippen molar-refractivity contribution in [2.75, 3.05) is 3.93 Å². The second kappa shape index (κ2) is 3.46. The fourth-order valence-electron chi connectivity index (χ4n) is 1.49. The number of pyridine rings is 1. The van der Waals surface area contributed by atoms with E-state index in [0.29, 0.717) is 0 Å². The molecule has 1 saturated carbocycles. The molecule has 0 spiro atoms. The largest absolute Gasteiger partial charge is 0.305 e. The number of halogens is 3. The second-order valence-electron chi connectivity index (χ2n) is 3.43. The van der Waals surface area contributed by atoms with Crippen LogP contribution in [0.1, 0.15) is 12.8 Å². The number of aromatic nitrogens is 1. The Morgan fingerprint density at radius 2 is 1.93 bits per heavy atom. The summed E-state index contributed by atoms with van der Waals surface area (Å²) in [7, 11) is 0. The molecule has 0 atom stereocenters. The molecule has 1 aromatic heterocycles. The van der Waals surface area contributed by atoms with Crippen molar-refractivity contribution < 1.29 is 8.78 Å². The lowest BCUT2D eigenvalue weighted by molar-refractivity contribution is -0.0820. The van der Waals surface area contributed by atoms with Gasteiger partial charge in [-0.25, -0.2) is 8.78 Å². The summed E-state index contributed by atoms with van der Waals surface area (Å²) in [5.74, 6) is -2.48. The normalized spacial score (nSPS) is 20.2. The first-order chi connectivity index (χ1) is 6.58. The molecule has 14 heavy (non-hydrogen) atoms. The molecular formula is C9H9BrF2N2. The summed E-state index contributed by atoms with van der Waals surface area (Å²) in [6, 6.07) is 3.45. The summed E-state index contributed by atoms with van der Waals surface area (Å²) in [6.07, 6.45) is 3.11. The van der Waals surface area contributed by atoms with E-state index in [1.165, 1.54) is 0 Å². The standard InChI is InChI=1S/C9H9BrF2N2/c10-14(7-1-3-13-4-2-7)8-5-9(11,12)6-8/h1-4,8H,5-6H2. The Kier molecular flexibility index (Phi) is 2.43. The van der Waals surface area contributed by atoms with Crippen molar-refractivity contribution in [3.63, 3.8) is 0 Å². The van der Waals surface area contributed by atoms with E-state index in [4.69, 9.17) is 0 Å². The molecule has 0 aromatic carbocycles. The van der Waals surface area contributed by atoms with E-state index >= 15 is 0 Å². The van der Waals surface area contributed by atoms with Crippen molar-refractivity contribution in [3.8, 4) is 0 Å². The highest BCUT2D eigenvalue weighted by atomic mass is 79.9. The van der Waals surface area contributed by atoms with Gasteiger partial charge in [-0.15, -0.1) is 0 Å². The zero-order chi connectivity index (χ0) is 10.2. The fraction of sp³-hybridized carbons (Fsp3) is 0.444. The predicted octanol–water partition coefficient (Wildman–Crippen LogP) is 3.00. The van der Waals surface area contributed by atoms with E-state index in [-0.39, 0.29) is 18.9 Å². The first kappa shape index (κ1) is 9.83. The Morgan fingerprint density at radius 3 is 2.43 bits per heavy atom. The van der Waals surface area contributed by atoms with Crippen molar-refractivity contribution in [2.24, 2.45) is 0 Å². The summed E-state index contributed by atoms with van der Waals surface area (Å²) in [5.41, 5.74) is 0.862. The van der Waals surface area contributed by atoms with Gasteiger partial charge < -0.3 is 3.93 Å². The second-order valence-corrected chi connectivity index (χ2v) is 4.20. The molecule has 0 radical (unpaired) electrons. The Bertz CT molecular complexity index is 310. The Morgan fingerprint density at radius 1 is 1.36 bits per heavy atom. The van der Waals surface area contributed by atoms with Crippen molar-refractivity contribution in [1.29, 1.82) is 0 Å². The van der Waals surface area contributed by atoms with Crippen molar-refractivity contribution in [3.05, 3.63) is 24.5 Å². The van der Waals surface area contributed by atoms with Crippen LogP contribution < -0.4 is 3.93 Å². The minimum Gasteiger partial charge on any atom is -0.305 e. The van der Waals surface area contributed by atoms with Gasteiger partial charge in [-0.3, -0.25) is 4.98 Å². The smallest absolute Gasteiger partial charge is 0.252 e. The summed E-state index contributed by atoms with van der Waals surface area (Å²) in [4.78, 5) is 3.86. The van der Waals surface area contributed by atoms with Gasteiger partial charge in [0.1, 0.15) is 0 Å². The summed E-state index contributed by atoms with van der Waals surface area (Å²) in [6.45, 7) is 0. The van der Waals surface area contributed by atoms with E-state index in [1.807, 2.05) is 0 Å². The maximum Gasteiger partial charge on any atom is 0.252 e. The number of anilines is 1. The van der Waals surface area contributed by atoms with Gasteiger partial charge in [-0.1, -0.05) is 0 Å². The van der Waals surface area contributed by atoms with Crippen LogP contribution >= 0.6 is 16.1 Å². The van der Waals surface area contributed by atoms with Crippen LogP contribution in [-0.2, 0) is 0 Å². The molecule has 1 fully saturated rings. The maximum atomic E-state index is 12.6. The highest BCUT2D eigenvalue weighted by Crippen LogP contribution is 2.42. The van der Waals surface area contributed by atoms with Crippen molar-refractivity contribution >= 4 is 21.8 Å². The van der Waals surface area contributed by atoms with Crippen LogP contribution in [0.5, 0.6) is 0 Å². The highest BCUT2D eigenvalue weighted by molar-refractivity contribution is 9.10. The van der Waals surface area contributed by atoms with Gasteiger partial charge in [0.25, 0.3) is 5.92 Å². The zero-order valence-corrected chi connectivity index (χ0v) is 8.92. The summed E-state index contributed by atoms with van der Waals surface area (Å²) in [5, 5.41) is 0. The van der Waals surface area contributed by atoms with Gasteiger partial charge in [0.2, 0.25) is 0 Å². The first-order valence-electron chi connectivity index (χ1n) is 4.31. The predicted molar refractivity (Wildman–Crippen MR) is 53.6 cm³/mol. The van der Waals surface area contributed by atoms with E-state index < -0.39 is 5.92 Å². The number of alkyl halides is 2. The van der Waals surface area contributed by atoms with Gasteiger partial charge in [0.05, 0.1) is 11.7 Å². The van der Waals surface area contributed by atoms with Crippen LogP contribution in [0.3, 0.4) is 0 Å². The summed E-state index contributed by atoms with van der Waals surface area (Å²) < 4.78 is 26.9. The molecule has 76 valence electrons. The molecule has 2 rings (SSSR count). The van der Waals surface area contributed by atoms with Crippen LogP contribution in [0.25, 0.3) is 0 Å². The van der Waals surface area contributed by atoms with Crippen LogP contribution in [0.15, 0.2) is 24.5 Å². The molecule has 2 nitrogen and oxygen atoms in total. The molecule has 0 N–H and O–H groups in total. The van der Waals surface area contributed by atoms with Gasteiger partial charge in [-0.05, 0) is 12.1 Å². The van der Waals surface area contributed by atoms with E-state index in [1.54, 1.807) is 28.5 Å². The first-order valence-corrected chi connectivity index (χ1v) is 5.02. The molecule has 1 aromatic rings. The minimum atomic E-state index is -2.48. The van der Waals surface area contributed by atoms with Gasteiger partial charge >= 0.3 is 0 Å². The molecular weight excluding hydrogens is 254 g/mol. The maximum absolute atomic E-state index is 12.6.